The van der Waals surface area contributed by atoms with Crippen LogP contribution in [-0.4, -0.2) is 35.2 Å². The number of hydrogen-bond donors (Lipinski definition) is 2. The van der Waals surface area contributed by atoms with Gasteiger partial charge >= 0.3 is 6.03 Å². The summed E-state index contributed by atoms with van der Waals surface area (Å²) in [4.78, 5) is 13.9. The molecule has 2 aromatic rings. The third-order valence-corrected chi connectivity index (χ3v) is 4.18. The molecule has 118 valence electrons. The molecule has 1 aromatic carbocycles. The molecule has 1 fully saturated rings. The number of carbonyl (C=O) groups excluding carboxylic acids is 1. The Morgan fingerprint density at radius 3 is 3.09 bits per heavy atom. The van der Waals surface area contributed by atoms with Gasteiger partial charge in [0.2, 0.25) is 0 Å². The van der Waals surface area contributed by atoms with E-state index in [0.717, 1.165) is 23.8 Å². The second kappa shape index (κ2) is 6.18. The van der Waals surface area contributed by atoms with Crippen LogP contribution in [0.15, 0.2) is 28.7 Å². The molecule has 22 heavy (non-hydrogen) atoms. The Balaban J connectivity index is 1.69. The van der Waals surface area contributed by atoms with E-state index in [1.54, 1.807) is 11.0 Å². The van der Waals surface area contributed by atoms with E-state index in [-0.39, 0.29) is 12.1 Å². The number of aliphatic hydroxyl groups is 1. The van der Waals surface area contributed by atoms with E-state index in [0.29, 0.717) is 23.9 Å². The van der Waals surface area contributed by atoms with Gasteiger partial charge in [0.25, 0.3) is 0 Å². The minimum atomic E-state index is -0.428. The Hall–Kier alpha value is -1.72. The maximum atomic E-state index is 12.2. The molecule has 2 atom stereocenters. The van der Waals surface area contributed by atoms with Crippen LogP contribution in [0.3, 0.4) is 0 Å². The fraction of sp³-hybridized carbons (Fsp3) is 0.438. The summed E-state index contributed by atoms with van der Waals surface area (Å²) in [5.41, 5.74) is 0.744. The first kappa shape index (κ1) is 15.2. The fourth-order valence-electron chi connectivity index (χ4n) is 2.73. The molecule has 2 amide bonds. The summed E-state index contributed by atoms with van der Waals surface area (Å²) >= 11 is 5.97. The number of rotatable bonds is 2. The zero-order chi connectivity index (χ0) is 15.7. The number of benzene rings is 1. The van der Waals surface area contributed by atoms with E-state index in [1.165, 1.54) is 0 Å². The molecular formula is C16H19ClN2O3. The molecule has 0 aliphatic carbocycles. The van der Waals surface area contributed by atoms with Crippen LogP contribution in [0, 0.1) is 0 Å². The van der Waals surface area contributed by atoms with Gasteiger partial charge in [-0.1, -0.05) is 11.6 Å². The number of aliphatic hydroxyl groups excluding tert-OH is 1. The molecular weight excluding hydrogens is 304 g/mol. The monoisotopic (exact) mass is 322 g/mol. The number of carbonyl (C=O) groups is 1. The van der Waals surface area contributed by atoms with Crippen molar-refractivity contribution in [2.75, 3.05) is 13.1 Å². The van der Waals surface area contributed by atoms with Gasteiger partial charge in [-0.2, -0.15) is 0 Å². The number of fused-ring (bicyclic) bond motifs is 1. The molecule has 0 bridgehead atoms. The van der Waals surface area contributed by atoms with E-state index in [2.05, 4.69) is 5.32 Å². The van der Waals surface area contributed by atoms with Crippen LogP contribution in [0.5, 0.6) is 0 Å². The Morgan fingerprint density at radius 1 is 1.50 bits per heavy atom. The quantitative estimate of drug-likeness (QED) is 0.891. The number of likely N-dealkylation sites (tertiary alicyclic amines) is 1. The van der Waals surface area contributed by atoms with Crippen LogP contribution >= 0.6 is 11.6 Å². The molecule has 0 saturated carbocycles. The number of nitrogens with zero attached hydrogens (tertiary/aromatic N) is 1. The standard InChI is InChI=1S/C16H19ClN2O3/c1-10(18-16(21)19-6-2-3-13(20)9-19)15-8-11-7-12(17)4-5-14(11)22-15/h4-5,7-8,10,13,20H,2-3,6,9H2,1H3,(H,18,21). The van der Waals surface area contributed by atoms with Gasteiger partial charge in [-0.15, -0.1) is 0 Å². The minimum absolute atomic E-state index is 0.176. The average Bonchev–Trinajstić information content (AvgIpc) is 2.90. The number of β-amino-alcohol motifs (C(OH)–C–C–N with tert-alkyl or cyclic N) is 1. The predicted molar refractivity (Wildman–Crippen MR) is 85.0 cm³/mol. The van der Waals surface area contributed by atoms with Gasteiger partial charge < -0.3 is 19.7 Å². The molecule has 3 rings (SSSR count). The summed E-state index contributed by atoms with van der Waals surface area (Å²) in [6.07, 6.45) is 1.15. The van der Waals surface area contributed by atoms with E-state index in [1.807, 2.05) is 25.1 Å². The van der Waals surface area contributed by atoms with Crippen molar-refractivity contribution in [3.05, 3.63) is 35.0 Å². The maximum Gasteiger partial charge on any atom is 0.318 e. The number of piperidine rings is 1. The van der Waals surface area contributed by atoms with Gasteiger partial charge in [0, 0.05) is 23.5 Å². The van der Waals surface area contributed by atoms with Gasteiger partial charge in [-0.3, -0.25) is 0 Å². The lowest BCUT2D eigenvalue weighted by molar-refractivity contribution is 0.0832. The lowest BCUT2D eigenvalue weighted by atomic mass is 10.1. The van der Waals surface area contributed by atoms with E-state index in [9.17, 15) is 9.90 Å². The van der Waals surface area contributed by atoms with Crippen molar-refractivity contribution < 1.29 is 14.3 Å². The summed E-state index contributed by atoms with van der Waals surface area (Å²) < 4.78 is 5.75. The highest BCUT2D eigenvalue weighted by molar-refractivity contribution is 6.31. The van der Waals surface area contributed by atoms with Crippen molar-refractivity contribution in [3.8, 4) is 0 Å². The highest BCUT2D eigenvalue weighted by Crippen LogP contribution is 2.26. The van der Waals surface area contributed by atoms with E-state index < -0.39 is 6.10 Å². The Labute approximate surface area is 133 Å². The molecule has 1 aromatic heterocycles. The molecule has 1 saturated heterocycles. The van der Waals surface area contributed by atoms with Crippen LogP contribution in [0.25, 0.3) is 11.0 Å². The summed E-state index contributed by atoms with van der Waals surface area (Å²) in [7, 11) is 0. The van der Waals surface area contributed by atoms with Crippen molar-refractivity contribution in [2.45, 2.75) is 31.9 Å². The number of urea groups is 1. The summed E-state index contributed by atoms with van der Waals surface area (Å²) in [6, 6.07) is 6.88. The Morgan fingerprint density at radius 2 is 2.32 bits per heavy atom. The van der Waals surface area contributed by atoms with Crippen molar-refractivity contribution in [2.24, 2.45) is 0 Å². The van der Waals surface area contributed by atoms with Crippen LogP contribution in [0.1, 0.15) is 31.6 Å². The first-order valence-corrected chi connectivity index (χ1v) is 7.83. The van der Waals surface area contributed by atoms with E-state index >= 15 is 0 Å². The highest BCUT2D eigenvalue weighted by Gasteiger charge is 2.24. The number of halogens is 1. The van der Waals surface area contributed by atoms with Crippen molar-refractivity contribution in [3.63, 3.8) is 0 Å². The molecule has 2 unspecified atom stereocenters. The van der Waals surface area contributed by atoms with Crippen LogP contribution in [0.2, 0.25) is 5.02 Å². The fourth-order valence-corrected chi connectivity index (χ4v) is 2.92. The van der Waals surface area contributed by atoms with Gasteiger partial charge in [0.05, 0.1) is 12.1 Å². The number of amides is 2. The van der Waals surface area contributed by atoms with Gasteiger partial charge in [0.1, 0.15) is 11.3 Å². The maximum absolute atomic E-state index is 12.2. The number of hydrogen-bond acceptors (Lipinski definition) is 3. The second-order valence-electron chi connectivity index (χ2n) is 5.74. The minimum Gasteiger partial charge on any atom is -0.459 e. The van der Waals surface area contributed by atoms with Crippen molar-refractivity contribution in [1.29, 1.82) is 0 Å². The van der Waals surface area contributed by atoms with Gasteiger partial charge in [-0.05, 0) is 44.0 Å². The predicted octanol–water partition coefficient (Wildman–Crippen LogP) is 3.31. The van der Waals surface area contributed by atoms with Gasteiger partial charge in [0.15, 0.2) is 0 Å². The third-order valence-electron chi connectivity index (χ3n) is 3.95. The average molecular weight is 323 g/mol. The molecule has 6 heteroatoms. The Kier molecular flexibility index (Phi) is 4.27. The van der Waals surface area contributed by atoms with Crippen LogP contribution in [-0.2, 0) is 0 Å². The summed E-state index contributed by atoms with van der Waals surface area (Å²) in [6.45, 7) is 2.93. The van der Waals surface area contributed by atoms with Crippen LogP contribution in [0.4, 0.5) is 4.79 Å². The highest BCUT2D eigenvalue weighted by atomic mass is 35.5. The molecule has 1 aliphatic rings. The number of nitrogens with one attached hydrogen (secondary N) is 1. The zero-order valence-electron chi connectivity index (χ0n) is 12.4. The Bertz CT molecular complexity index is 685. The number of furan rings is 1. The molecule has 0 radical (unpaired) electrons. The topological polar surface area (TPSA) is 65.7 Å². The first-order valence-electron chi connectivity index (χ1n) is 7.45. The smallest absolute Gasteiger partial charge is 0.318 e. The lowest BCUT2D eigenvalue weighted by Gasteiger charge is -2.30. The van der Waals surface area contributed by atoms with Crippen LogP contribution < -0.4 is 5.32 Å². The molecule has 2 heterocycles. The molecule has 0 spiro atoms. The summed E-state index contributed by atoms with van der Waals surface area (Å²) in [5.74, 6) is 0.683. The largest absolute Gasteiger partial charge is 0.459 e. The van der Waals surface area contributed by atoms with E-state index in [4.69, 9.17) is 16.0 Å². The molecule has 5 nitrogen and oxygen atoms in total. The lowest BCUT2D eigenvalue weighted by Crippen LogP contribution is -2.47. The summed E-state index contributed by atoms with van der Waals surface area (Å²) in [5, 5.41) is 14.1. The van der Waals surface area contributed by atoms with Crippen molar-refractivity contribution >= 4 is 28.6 Å². The first-order chi connectivity index (χ1) is 10.5. The normalized spacial score (nSPS) is 20.1. The molecule has 1 aliphatic heterocycles. The molecule has 2 N–H and O–H groups in total. The zero-order valence-corrected chi connectivity index (χ0v) is 13.1. The van der Waals surface area contributed by atoms with Crippen molar-refractivity contribution in [1.82, 2.24) is 10.2 Å². The SMILES string of the molecule is CC(NC(=O)N1CCCC(O)C1)c1cc2cc(Cl)ccc2o1. The third kappa shape index (κ3) is 3.20. The second-order valence-corrected chi connectivity index (χ2v) is 6.18. The van der Waals surface area contributed by atoms with Gasteiger partial charge in [-0.25, -0.2) is 4.79 Å².